The molecule has 0 saturated carbocycles. The molecule has 0 fully saturated rings. The number of nitrogens with one attached hydrogen (secondary N) is 2. The number of amides is 2. The number of nitrogens with zero attached hydrogens (tertiary/aromatic N) is 2. The van der Waals surface area contributed by atoms with Gasteiger partial charge >= 0.3 is 5.97 Å². The molecule has 0 unspecified atom stereocenters. The lowest BCUT2D eigenvalue weighted by atomic mass is 10.3. The largest absolute Gasteiger partial charge is 0.505 e. The highest BCUT2D eigenvalue weighted by molar-refractivity contribution is 7.13. The van der Waals surface area contributed by atoms with E-state index in [0.29, 0.717) is 10.8 Å². The quantitative estimate of drug-likeness (QED) is 0.617. The highest BCUT2D eigenvalue weighted by Crippen LogP contribution is 2.16. The first kappa shape index (κ1) is 18.3. The van der Waals surface area contributed by atoms with Crippen molar-refractivity contribution in [2.24, 2.45) is 0 Å². The predicted molar refractivity (Wildman–Crippen MR) is 89.3 cm³/mol. The summed E-state index contributed by atoms with van der Waals surface area (Å²) in [5.74, 6) is -1.84. The van der Waals surface area contributed by atoms with Crippen LogP contribution in [0.4, 0.5) is 5.13 Å². The molecule has 2 heterocycles. The Hall–Kier alpha value is -3.01. The minimum Gasteiger partial charge on any atom is -0.505 e. The molecule has 0 aromatic carbocycles. The second kappa shape index (κ2) is 8.73. The molecule has 2 rings (SSSR count). The highest BCUT2D eigenvalue weighted by atomic mass is 32.1. The number of anilines is 1. The van der Waals surface area contributed by atoms with Crippen LogP contribution < -0.4 is 10.6 Å². The van der Waals surface area contributed by atoms with E-state index in [1.165, 1.54) is 18.3 Å². The molecule has 25 heavy (non-hydrogen) atoms. The normalized spacial score (nSPS) is 10.1. The molecule has 10 heteroatoms. The second-order valence-electron chi connectivity index (χ2n) is 4.73. The number of ether oxygens (including phenoxy) is 1. The Kier molecular flexibility index (Phi) is 6.40. The molecular weight excluding hydrogens is 348 g/mol. The zero-order chi connectivity index (χ0) is 18.2. The van der Waals surface area contributed by atoms with E-state index in [4.69, 9.17) is 4.74 Å². The van der Waals surface area contributed by atoms with Crippen LogP contribution in [0.1, 0.15) is 23.1 Å². The minimum absolute atomic E-state index is 0.0237. The van der Waals surface area contributed by atoms with Crippen molar-refractivity contribution in [3.05, 3.63) is 35.1 Å². The van der Waals surface area contributed by atoms with Crippen molar-refractivity contribution >= 4 is 34.3 Å². The van der Waals surface area contributed by atoms with Gasteiger partial charge in [0.1, 0.15) is 5.75 Å². The third kappa shape index (κ3) is 5.53. The topological polar surface area (TPSA) is 131 Å². The maximum absolute atomic E-state index is 11.8. The molecule has 0 aliphatic heterocycles. The standard InChI is InChI=1S/C15H16N4O5S/c1-2-24-12(22)6-9-8-25-15(18-9)19-11(21)7-17-14(23)13-10(20)4-3-5-16-13/h3-5,8,20H,2,6-7H2,1H3,(H,17,23)(H,18,19,21). The van der Waals surface area contributed by atoms with E-state index in [2.05, 4.69) is 20.6 Å². The Morgan fingerprint density at radius 3 is 2.88 bits per heavy atom. The Morgan fingerprint density at radius 1 is 1.36 bits per heavy atom. The van der Waals surface area contributed by atoms with Gasteiger partial charge in [-0.25, -0.2) is 9.97 Å². The third-order valence-corrected chi connectivity index (χ3v) is 3.65. The van der Waals surface area contributed by atoms with E-state index >= 15 is 0 Å². The molecule has 0 aliphatic rings. The Balaban J connectivity index is 1.82. The fourth-order valence-electron chi connectivity index (χ4n) is 1.78. The molecule has 2 amide bonds. The molecule has 0 aliphatic carbocycles. The van der Waals surface area contributed by atoms with Crippen LogP contribution in [0.5, 0.6) is 5.75 Å². The average molecular weight is 364 g/mol. The maximum Gasteiger partial charge on any atom is 0.311 e. The summed E-state index contributed by atoms with van der Waals surface area (Å²) in [4.78, 5) is 42.9. The van der Waals surface area contributed by atoms with E-state index in [1.54, 1.807) is 12.3 Å². The van der Waals surface area contributed by atoms with Crippen molar-refractivity contribution in [1.82, 2.24) is 15.3 Å². The van der Waals surface area contributed by atoms with Gasteiger partial charge < -0.3 is 20.5 Å². The second-order valence-corrected chi connectivity index (χ2v) is 5.59. The number of hydrogen-bond acceptors (Lipinski definition) is 8. The summed E-state index contributed by atoms with van der Waals surface area (Å²) in [7, 11) is 0. The van der Waals surface area contributed by atoms with Crippen LogP contribution in [0.25, 0.3) is 0 Å². The Labute approximate surface area is 147 Å². The lowest BCUT2D eigenvalue weighted by molar-refractivity contribution is -0.142. The van der Waals surface area contributed by atoms with Gasteiger partial charge in [-0.2, -0.15) is 0 Å². The zero-order valence-corrected chi connectivity index (χ0v) is 14.1. The van der Waals surface area contributed by atoms with Gasteiger partial charge in [0, 0.05) is 11.6 Å². The number of rotatable bonds is 7. The number of thiazole rings is 1. The smallest absolute Gasteiger partial charge is 0.311 e. The van der Waals surface area contributed by atoms with Crippen LogP contribution in [0.2, 0.25) is 0 Å². The van der Waals surface area contributed by atoms with Crippen molar-refractivity contribution in [3.8, 4) is 5.75 Å². The third-order valence-electron chi connectivity index (χ3n) is 2.84. The molecule has 0 spiro atoms. The number of hydrogen-bond donors (Lipinski definition) is 3. The first-order valence-electron chi connectivity index (χ1n) is 7.31. The van der Waals surface area contributed by atoms with Crippen molar-refractivity contribution < 1.29 is 24.2 Å². The summed E-state index contributed by atoms with van der Waals surface area (Å²) in [6.45, 7) is 1.68. The molecule has 2 aromatic rings. The highest BCUT2D eigenvalue weighted by Gasteiger charge is 2.14. The van der Waals surface area contributed by atoms with Crippen molar-refractivity contribution in [1.29, 1.82) is 0 Å². The van der Waals surface area contributed by atoms with E-state index in [-0.39, 0.29) is 31.0 Å². The molecule has 0 atom stereocenters. The van der Waals surface area contributed by atoms with Gasteiger partial charge in [0.25, 0.3) is 5.91 Å². The Bertz CT molecular complexity index is 777. The molecule has 9 nitrogen and oxygen atoms in total. The number of esters is 1. The van der Waals surface area contributed by atoms with Gasteiger partial charge in [-0.15, -0.1) is 11.3 Å². The van der Waals surface area contributed by atoms with Crippen molar-refractivity contribution in [3.63, 3.8) is 0 Å². The fourth-order valence-corrected chi connectivity index (χ4v) is 2.51. The Morgan fingerprint density at radius 2 is 2.16 bits per heavy atom. The summed E-state index contributed by atoms with van der Waals surface area (Å²) < 4.78 is 4.82. The molecule has 0 saturated heterocycles. The lowest BCUT2D eigenvalue weighted by Gasteiger charge is -2.05. The number of pyridine rings is 1. The van der Waals surface area contributed by atoms with E-state index < -0.39 is 17.8 Å². The molecular formula is C15H16N4O5S. The van der Waals surface area contributed by atoms with E-state index in [1.807, 2.05) is 0 Å². The summed E-state index contributed by atoms with van der Waals surface area (Å²) in [5.41, 5.74) is 0.322. The van der Waals surface area contributed by atoms with Crippen LogP contribution in [-0.2, 0) is 20.7 Å². The molecule has 2 aromatic heterocycles. The van der Waals surface area contributed by atoms with E-state index in [9.17, 15) is 19.5 Å². The first-order valence-corrected chi connectivity index (χ1v) is 8.19. The van der Waals surface area contributed by atoms with Crippen molar-refractivity contribution in [2.75, 3.05) is 18.5 Å². The predicted octanol–water partition coefficient (Wildman–Crippen LogP) is 0.718. The van der Waals surface area contributed by atoms with Crippen molar-refractivity contribution in [2.45, 2.75) is 13.3 Å². The number of carbonyl (C=O) groups excluding carboxylic acids is 3. The monoisotopic (exact) mass is 364 g/mol. The summed E-state index contributed by atoms with van der Waals surface area (Å²) in [6.07, 6.45) is 1.38. The fraction of sp³-hybridized carbons (Fsp3) is 0.267. The lowest BCUT2D eigenvalue weighted by Crippen LogP contribution is -2.33. The van der Waals surface area contributed by atoms with Gasteiger partial charge in [-0.1, -0.05) is 0 Å². The molecule has 3 N–H and O–H groups in total. The van der Waals surface area contributed by atoms with Gasteiger partial charge in [0.2, 0.25) is 5.91 Å². The van der Waals surface area contributed by atoms with Crippen LogP contribution in [0.3, 0.4) is 0 Å². The van der Waals surface area contributed by atoms with Crippen LogP contribution >= 0.6 is 11.3 Å². The zero-order valence-electron chi connectivity index (χ0n) is 13.3. The van der Waals surface area contributed by atoms with Gasteiger partial charge in [-0.3, -0.25) is 14.4 Å². The maximum atomic E-state index is 11.8. The summed E-state index contributed by atoms with van der Waals surface area (Å²) in [6, 6.07) is 2.80. The SMILES string of the molecule is CCOC(=O)Cc1csc(NC(=O)CNC(=O)c2ncccc2O)n1. The van der Waals surface area contributed by atoms with Gasteiger partial charge in [0.15, 0.2) is 10.8 Å². The molecule has 0 radical (unpaired) electrons. The number of aromatic nitrogens is 2. The number of carbonyl (C=O) groups is 3. The average Bonchev–Trinajstić information content (AvgIpc) is 3.00. The van der Waals surface area contributed by atoms with Gasteiger partial charge in [0.05, 0.1) is 25.3 Å². The molecule has 0 bridgehead atoms. The first-order chi connectivity index (χ1) is 12.0. The van der Waals surface area contributed by atoms with Gasteiger partial charge in [-0.05, 0) is 19.1 Å². The van der Waals surface area contributed by atoms with Crippen LogP contribution in [-0.4, -0.2) is 46.0 Å². The summed E-state index contributed by atoms with van der Waals surface area (Å²) >= 11 is 1.16. The van der Waals surface area contributed by atoms with Crippen LogP contribution in [0, 0.1) is 0 Å². The minimum atomic E-state index is -0.671. The van der Waals surface area contributed by atoms with E-state index in [0.717, 1.165) is 11.3 Å². The summed E-state index contributed by atoms with van der Waals surface area (Å²) in [5, 5.41) is 16.3. The number of aromatic hydroxyl groups is 1. The molecule has 132 valence electrons. The van der Waals surface area contributed by atoms with Crippen LogP contribution in [0.15, 0.2) is 23.7 Å².